The number of nitrogens with zero attached hydrogens (tertiary/aromatic N) is 3. The number of aromatic nitrogens is 3. The Morgan fingerprint density at radius 3 is 2.53 bits per heavy atom. The van der Waals surface area contributed by atoms with Gasteiger partial charge in [0, 0.05) is 16.9 Å². The Kier molecular flexibility index (Phi) is 2.94. The highest BCUT2D eigenvalue weighted by atomic mass is 79.9. The molecule has 0 unspecified atom stereocenters. The summed E-state index contributed by atoms with van der Waals surface area (Å²) in [6, 6.07) is 1.65. The molecule has 2 aromatic rings. The summed E-state index contributed by atoms with van der Waals surface area (Å²) in [6.45, 7) is 1.82. The zero-order valence-corrected chi connectivity index (χ0v) is 10.2. The van der Waals surface area contributed by atoms with E-state index in [0.717, 1.165) is 27.1 Å². The van der Waals surface area contributed by atoms with Gasteiger partial charge in [-0.3, -0.25) is 0 Å². The van der Waals surface area contributed by atoms with Crippen molar-refractivity contribution in [3.63, 3.8) is 0 Å². The summed E-state index contributed by atoms with van der Waals surface area (Å²) in [5.41, 5.74) is 0.0823. The lowest BCUT2D eigenvalue weighted by Gasteiger charge is -2.03. The van der Waals surface area contributed by atoms with Crippen LogP contribution < -0.4 is 0 Å². The highest BCUT2D eigenvalue weighted by Gasteiger charge is 2.32. The van der Waals surface area contributed by atoms with Crippen LogP contribution in [0.3, 0.4) is 0 Å². The molecule has 3 nitrogen and oxygen atoms in total. The van der Waals surface area contributed by atoms with E-state index in [2.05, 4.69) is 26.0 Å². The minimum Gasteiger partial charge on any atom is -0.236 e. The van der Waals surface area contributed by atoms with Gasteiger partial charge in [-0.25, -0.2) is 9.67 Å². The fourth-order valence-electron chi connectivity index (χ4n) is 1.24. The Bertz CT molecular complexity index is 548. The fraction of sp³-hybridized carbons (Fsp3) is 0.200. The Balaban J connectivity index is 2.40. The molecule has 0 fully saturated rings. The summed E-state index contributed by atoms with van der Waals surface area (Å²) in [5, 5.41) is 3.64. The third kappa shape index (κ3) is 2.49. The van der Waals surface area contributed by atoms with Gasteiger partial charge in [-0.1, -0.05) is 0 Å². The van der Waals surface area contributed by atoms with Gasteiger partial charge in [-0.15, -0.1) is 0 Å². The Morgan fingerprint density at radius 2 is 2.00 bits per heavy atom. The second-order valence-electron chi connectivity index (χ2n) is 3.46. The lowest BCUT2D eigenvalue weighted by Crippen LogP contribution is -2.03. The van der Waals surface area contributed by atoms with Crippen LogP contribution in [0.5, 0.6) is 0 Å². The van der Waals surface area contributed by atoms with Crippen molar-refractivity contribution in [2.75, 3.05) is 0 Å². The second kappa shape index (κ2) is 4.14. The van der Waals surface area contributed by atoms with E-state index in [4.69, 9.17) is 0 Å². The topological polar surface area (TPSA) is 30.7 Å². The predicted octanol–water partition coefficient (Wildman–Crippen LogP) is 3.36. The van der Waals surface area contributed by atoms with Crippen molar-refractivity contribution >= 4 is 15.9 Å². The molecule has 7 heteroatoms. The summed E-state index contributed by atoms with van der Waals surface area (Å²) >= 11 is 3.27. The van der Waals surface area contributed by atoms with Gasteiger partial charge in [-0.05, 0) is 34.5 Å². The van der Waals surface area contributed by atoms with Crippen LogP contribution in [0, 0.1) is 6.92 Å². The van der Waals surface area contributed by atoms with Crippen LogP contribution >= 0.6 is 15.9 Å². The number of aryl methyl sites for hydroxylation is 1. The van der Waals surface area contributed by atoms with Crippen molar-refractivity contribution in [1.29, 1.82) is 0 Å². The van der Waals surface area contributed by atoms with Gasteiger partial charge in [0.1, 0.15) is 0 Å². The standard InChI is InChI=1S/C10H7BrF3N3/c1-6-2-9(15-4-8(6)11)17-5-7(3-16-17)10(12,13)14/h2-5H,1H3. The molecule has 0 aliphatic rings. The Labute approximate surface area is 103 Å². The van der Waals surface area contributed by atoms with Gasteiger partial charge in [0.25, 0.3) is 0 Å². The van der Waals surface area contributed by atoms with Gasteiger partial charge in [0.05, 0.1) is 11.8 Å². The van der Waals surface area contributed by atoms with Gasteiger partial charge >= 0.3 is 6.18 Å². The molecule has 0 atom stereocenters. The monoisotopic (exact) mass is 305 g/mol. The summed E-state index contributed by atoms with van der Waals surface area (Å²) in [7, 11) is 0. The molecule has 2 aromatic heterocycles. The first-order chi connectivity index (χ1) is 7.88. The van der Waals surface area contributed by atoms with E-state index in [9.17, 15) is 13.2 Å². The van der Waals surface area contributed by atoms with Crippen molar-refractivity contribution < 1.29 is 13.2 Å². The van der Waals surface area contributed by atoms with E-state index < -0.39 is 11.7 Å². The molecule has 0 bridgehead atoms. The van der Waals surface area contributed by atoms with Crippen LogP contribution in [0.4, 0.5) is 13.2 Å². The minimum atomic E-state index is -4.39. The summed E-state index contributed by atoms with van der Waals surface area (Å²) in [5.74, 6) is 0.348. The van der Waals surface area contributed by atoms with E-state index in [1.54, 1.807) is 6.07 Å². The van der Waals surface area contributed by atoms with Crippen LogP contribution in [0.2, 0.25) is 0 Å². The smallest absolute Gasteiger partial charge is 0.236 e. The van der Waals surface area contributed by atoms with Gasteiger partial charge < -0.3 is 0 Å². The van der Waals surface area contributed by atoms with Crippen LogP contribution in [0.1, 0.15) is 11.1 Å². The van der Waals surface area contributed by atoms with E-state index in [1.165, 1.54) is 6.20 Å². The molecule has 0 saturated heterocycles. The molecule has 0 saturated carbocycles. The summed E-state index contributed by atoms with van der Waals surface area (Å²) in [6.07, 6.45) is -1.17. The van der Waals surface area contributed by atoms with Crippen molar-refractivity contribution in [2.24, 2.45) is 0 Å². The van der Waals surface area contributed by atoms with Gasteiger partial charge in [-0.2, -0.15) is 18.3 Å². The van der Waals surface area contributed by atoms with Gasteiger partial charge in [0.15, 0.2) is 5.82 Å². The van der Waals surface area contributed by atoms with E-state index in [-0.39, 0.29) is 0 Å². The van der Waals surface area contributed by atoms with E-state index in [0.29, 0.717) is 5.82 Å². The zero-order valence-electron chi connectivity index (χ0n) is 8.66. The average Bonchev–Trinajstić information content (AvgIpc) is 2.70. The molecule has 90 valence electrons. The molecule has 0 aromatic carbocycles. The molecule has 0 N–H and O–H groups in total. The maximum absolute atomic E-state index is 12.4. The molecule has 0 amide bonds. The first-order valence-corrected chi connectivity index (χ1v) is 5.41. The van der Waals surface area contributed by atoms with Crippen LogP contribution in [0.25, 0.3) is 5.82 Å². The SMILES string of the molecule is Cc1cc(-n2cc(C(F)(F)F)cn2)ncc1Br. The number of hydrogen-bond donors (Lipinski definition) is 0. The maximum Gasteiger partial charge on any atom is 0.419 e. The van der Waals surface area contributed by atoms with Crippen molar-refractivity contribution in [1.82, 2.24) is 14.8 Å². The number of rotatable bonds is 1. The molecule has 0 spiro atoms. The van der Waals surface area contributed by atoms with Crippen LogP contribution in [-0.2, 0) is 6.18 Å². The molecule has 2 heterocycles. The number of alkyl halides is 3. The predicted molar refractivity (Wildman–Crippen MR) is 58.8 cm³/mol. The molecule has 0 aliphatic heterocycles. The second-order valence-corrected chi connectivity index (χ2v) is 4.32. The lowest BCUT2D eigenvalue weighted by molar-refractivity contribution is -0.137. The number of pyridine rings is 1. The first kappa shape index (κ1) is 12.1. The normalized spacial score (nSPS) is 11.8. The van der Waals surface area contributed by atoms with E-state index >= 15 is 0 Å². The first-order valence-electron chi connectivity index (χ1n) is 4.62. The minimum absolute atomic E-state index is 0.348. The largest absolute Gasteiger partial charge is 0.419 e. The summed E-state index contributed by atoms with van der Waals surface area (Å²) < 4.78 is 39.0. The average molecular weight is 306 g/mol. The highest BCUT2D eigenvalue weighted by Crippen LogP contribution is 2.29. The van der Waals surface area contributed by atoms with Crippen LogP contribution in [-0.4, -0.2) is 14.8 Å². The Morgan fingerprint density at radius 1 is 1.29 bits per heavy atom. The number of hydrogen-bond acceptors (Lipinski definition) is 2. The zero-order chi connectivity index (χ0) is 12.6. The molecular formula is C10H7BrF3N3. The Hall–Kier alpha value is -1.37. The molecular weight excluding hydrogens is 299 g/mol. The fourth-order valence-corrected chi connectivity index (χ4v) is 1.46. The molecule has 2 rings (SSSR count). The number of halogens is 4. The third-order valence-corrected chi connectivity index (χ3v) is 3.01. The van der Waals surface area contributed by atoms with Crippen molar-refractivity contribution in [2.45, 2.75) is 13.1 Å². The quantitative estimate of drug-likeness (QED) is 0.809. The lowest BCUT2D eigenvalue weighted by atomic mass is 10.3. The van der Waals surface area contributed by atoms with Gasteiger partial charge in [0.2, 0.25) is 0 Å². The highest BCUT2D eigenvalue weighted by molar-refractivity contribution is 9.10. The van der Waals surface area contributed by atoms with Crippen molar-refractivity contribution in [3.05, 3.63) is 40.3 Å². The van der Waals surface area contributed by atoms with Crippen molar-refractivity contribution in [3.8, 4) is 5.82 Å². The van der Waals surface area contributed by atoms with Crippen LogP contribution in [0.15, 0.2) is 29.1 Å². The third-order valence-electron chi connectivity index (χ3n) is 2.18. The summed E-state index contributed by atoms with van der Waals surface area (Å²) in [4.78, 5) is 3.99. The maximum atomic E-state index is 12.4. The molecule has 0 aliphatic carbocycles. The molecule has 0 radical (unpaired) electrons. The molecule has 17 heavy (non-hydrogen) atoms. The van der Waals surface area contributed by atoms with E-state index in [1.807, 2.05) is 6.92 Å².